The van der Waals surface area contributed by atoms with Crippen molar-refractivity contribution in [3.63, 3.8) is 0 Å². The summed E-state index contributed by atoms with van der Waals surface area (Å²) in [6.45, 7) is 7.88. The number of aryl methyl sites for hydroxylation is 2. The molecule has 0 aliphatic carbocycles. The van der Waals surface area contributed by atoms with E-state index >= 15 is 0 Å². The molecule has 0 fully saturated rings. The predicted molar refractivity (Wildman–Crippen MR) is 94.8 cm³/mol. The Balaban J connectivity index is 1.81. The molecule has 2 aromatic heterocycles. The molecule has 0 atom stereocenters. The number of aromatic amines is 1. The lowest BCUT2D eigenvalue weighted by Crippen LogP contribution is -2.20. The fourth-order valence-corrected chi connectivity index (χ4v) is 3.67. The van der Waals surface area contributed by atoms with Crippen molar-refractivity contribution in [1.82, 2.24) is 15.3 Å². The summed E-state index contributed by atoms with van der Waals surface area (Å²) < 4.78 is 0. The quantitative estimate of drug-likeness (QED) is 0.685. The highest BCUT2D eigenvalue weighted by Gasteiger charge is 2.11. The Morgan fingerprint density at radius 3 is 2.64 bits per heavy atom. The second kappa shape index (κ2) is 8.44. The second-order valence-electron chi connectivity index (χ2n) is 5.92. The van der Waals surface area contributed by atoms with Gasteiger partial charge in [-0.25, -0.2) is 4.98 Å². The normalized spacial score (nSPS) is 11.4. The van der Waals surface area contributed by atoms with Crippen LogP contribution in [0.15, 0.2) is 4.79 Å². The number of nitrogens with one attached hydrogen (secondary N) is 2. The predicted octanol–water partition coefficient (Wildman–Crippen LogP) is 4.05. The van der Waals surface area contributed by atoms with Crippen molar-refractivity contribution in [1.29, 1.82) is 0 Å². The summed E-state index contributed by atoms with van der Waals surface area (Å²) in [7, 11) is 0. The zero-order chi connectivity index (χ0) is 15.9. The lowest BCUT2D eigenvalue weighted by atomic mass is 10.1. The van der Waals surface area contributed by atoms with E-state index in [2.05, 4.69) is 22.2 Å². The zero-order valence-electron chi connectivity index (χ0n) is 13.9. The van der Waals surface area contributed by atoms with Crippen molar-refractivity contribution in [2.24, 2.45) is 0 Å². The summed E-state index contributed by atoms with van der Waals surface area (Å²) >= 11 is 1.60. The first-order valence-corrected chi connectivity index (χ1v) is 9.14. The molecule has 122 valence electrons. The standard InChI is InChI=1S/C17H27N3OS/c1-4-5-6-7-8-9-10-18-11-14-19-16(21)15-12(2)13(3)22-17(15)20-14/h18H,4-11H2,1-3H3,(H,19,20,21). The van der Waals surface area contributed by atoms with E-state index in [-0.39, 0.29) is 5.56 Å². The molecule has 5 heteroatoms. The van der Waals surface area contributed by atoms with Gasteiger partial charge in [-0.05, 0) is 32.4 Å². The summed E-state index contributed by atoms with van der Waals surface area (Å²) in [5.74, 6) is 0.740. The molecule has 0 aromatic carbocycles. The zero-order valence-corrected chi connectivity index (χ0v) is 14.7. The van der Waals surface area contributed by atoms with Crippen LogP contribution in [-0.4, -0.2) is 16.5 Å². The number of hydrogen-bond donors (Lipinski definition) is 2. The lowest BCUT2D eigenvalue weighted by Gasteiger charge is -2.04. The maximum Gasteiger partial charge on any atom is 0.259 e. The average molecular weight is 321 g/mol. The molecule has 2 N–H and O–H groups in total. The van der Waals surface area contributed by atoms with Gasteiger partial charge in [-0.2, -0.15) is 0 Å². The van der Waals surface area contributed by atoms with Crippen LogP contribution >= 0.6 is 11.3 Å². The molecule has 22 heavy (non-hydrogen) atoms. The fourth-order valence-electron chi connectivity index (χ4n) is 2.62. The minimum Gasteiger partial charge on any atom is -0.310 e. The molecular formula is C17H27N3OS. The fraction of sp³-hybridized carbons (Fsp3) is 0.647. The average Bonchev–Trinajstić information content (AvgIpc) is 2.77. The number of unbranched alkanes of at least 4 members (excludes halogenated alkanes) is 5. The van der Waals surface area contributed by atoms with Crippen LogP contribution in [0.2, 0.25) is 0 Å². The van der Waals surface area contributed by atoms with Crippen LogP contribution in [0.4, 0.5) is 0 Å². The minimum absolute atomic E-state index is 0.0109. The van der Waals surface area contributed by atoms with Crippen LogP contribution in [-0.2, 0) is 6.54 Å². The third-order valence-corrected chi connectivity index (χ3v) is 5.19. The van der Waals surface area contributed by atoms with Crippen LogP contribution in [0.3, 0.4) is 0 Å². The van der Waals surface area contributed by atoms with Gasteiger partial charge in [0.2, 0.25) is 0 Å². The smallest absolute Gasteiger partial charge is 0.259 e. The van der Waals surface area contributed by atoms with Gasteiger partial charge in [0.05, 0.1) is 11.9 Å². The largest absolute Gasteiger partial charge is 0.310 e. The highest BCUT2D eigenvalue weighted by molar-refractivity contribution is 7.18. The van der Waals surface area contributed by atoms with E-state index in [1.807, 2.05) is 13.8 Å². The number of hydrogen-bond acceptors (Lipinski definition) is 4. The first-order valence-electron chi connectivity index (χ1n) is 8.33. The Bertz CT molecular complexity index is 660. The van der Waals surface area contributed by atoms with Crippen molar-refractivity contribution in [2.45, 2.75) is 65.8 Å². The van der Waals surface area contributed by atoms with Gasteiger partial charge in [0.15, 0.2) is 0 Å². The monoisotopic (exact) mass is 321 g/mol. The SMILES string of the molecule is CCCCCCCCNCc1nc2sc(C)c(C)c2c(=O)[nH]1. The van der Waals surface area contributed by atoms with E-state index in [4.69, 9.17) is 0 Å². The first-order chi connectivity index (χ1) is 10.6. The van der Waals surface area contributed by atoms with Crippen molar-refractivity contribution >= 4 is 21.6 Å². The van der Waals surface area contributed by atoms with Crippen LogP contribution in [0, 0.1) is 13.8 Å². The van der Waals surface area contributed by atoms with Crippen molar-refractivity contribution < 1.29 is 0 Å². The topological polar surface area (TPSA) is 57.8 Å². The van der Waals surface area contributed by atoms with Gasteiger partial charge in [-0.3, -0.25) is 4.79 Å². The molecule has 0 radical (unpaired) electrons. The van der Waals surface area contributed by atoms with E-state index in [0.717, 1.165) is 28.1 Å². The summed E-state index contributed by atoms with van der Waals surface area (Å²) in [6, 6.07) is 0. The highest BCUT2D eigenvalue weighted by Crippen LogP contribution is 2.25. The van der Waals surface area contributed by atoms with E-state index in [0.29, 0.717) is 6.54 Å². The Kier molecular flexibility index (Phi) is 6.58. The van der Waals surface area contributed by atoms with Gasteiger partial charge in [0, 0.05) is 4.88 Å². The molecular weight excluding hydrogens is 294 g/mol. The van der Waals surface area contributed by atoms with Crippen molar-refractivity contribution in [2.75, 3.05) is 6.54 Å². The molecule has 0 aliphatic heterocycles. The Labute approximate surface area is 136 Å². The van der Waals surface area contributed by atoms with Gasteiger partial charge in [-0.1, -0.05) is 39.0 Å². The highest BCUT2D eigenvalue weighted by atomic mass is 32.1. The van der Waals surface area contributed by atoms with Crippen LogP contribution in [0.5, 0.6) is 0 Å². The van der Waals surface area contributed by atoms with Gasteiger partial charge in [0.25, 0.3) is 5.56 Å². The van der Waals surface area contributed by atoms with E-state index in [1.165, 1.54) is 43.4 Å². The Hall–Kier alpha value is -1.20. The van der Waals surface area contributed by atoms with Gasteiger partial charge in [-0.15, -0.1) is 11.3 Å². The van der Waals surface area contributed by atoms with Crippen LogP contribution in [0.1, 0.15) is 61.7 Å². The lowest BCUT2D eigenvalue weighted by molar-refractivity contribution is 0.566. The number of nitrogens with zero attached hydrogens (tertiary/aromatic N) is 1. The summed E-state index contributed by atoms with van der Waals surface area (Å²) in [5.41, 5.74) is 1.04. The molecule has 0 aliphatic rings. The third-order valence-electron chi connectivity index (χ3n) is 4.09. The molecule has 0 amide bonds. The molecule has 0 bridgehead atoms. The Morgan fingerprint density at radius 1 is 1.14 bits per heavy atom. The number of aromatic nitrogens is 2. The van der Waals surface area contributed by atoms with E-state index < -0.39 is 0 Å². The number of rotatable bonds is 9. The van der Waals surface area contributed by atoms with E-state index in [1.54, 1.807) is 11.3 Å². The second-order valence-corrected chi connectivity index (χ2v) is 7.12. The molecule has 0 saturated heterocycles. The van der Waals surface area contributed by atoms with E-state index in [9.17, 15) is 4.79 Å². The minimum atomic E-state index is -0.0109. The maximum atomic E-state index is 12.2. The number of fused-ring (bicyclic) bond motifs is 1. The number of H-pyrrole nitrogens is 1. The molecule has 2 aromatic rings. The van der Waals surface area contributed by atoms with Gasteiger partial charge in [0.1, 0.15) is 10.7 Å². The van der Waals surface area contributed by atoms with Gasteiger partial charge >= 0.3 is 0 Å². The summed E-state index contributed by atoms with van der Waals surface area (Å²) in [4.78, 5) is 21.7. The third kappa shape index (κ3) is 4.40. The molecule has 2 rings (SSSR count). The van der Waals surface area contributed by atoms with Crippen LogP contribution in [0.25, 0.3) is 10.2 Å². The van der Waals surface area contributed by atoms with Gasteiger partial charge < -0.3 is 10.3 Å². The molecule has 0 spiro atoms. The Morgan fingerprint density at radius 2 is 1.86 bits per heavy atom. The first kappa shape index (κ1) is 17.2. The number of thiophene rings is 1. The summed E-state index contributed by atoms with van der Waals surface area (Å²) in [5, 5.41) is 4.13. The van der Waals surface area contributed by atoms with Crippen molar-refractivity contribution in [3.05, 3.63) is 26.6 Å². The maximum absolute atomic E-state index is 12.2. The molecule has 4 nitrogen and oxygen atoms in total. The molecule has 0 unspecified atom stereocenters. The van der Waals surface area contributed by atoms with Crippen molar-refractivity contribution in [3.8, 4) is 0 Å². The summed E-state index contributed by atoms with van der Waals surface area (Å²) in [6.07, 6.45) is 7.77. The molecule has 0 saturated carbocycles. The molecule has 2 heterocycles. The van der Waals surface area contributed by atoms with Crippen LogP contribution < -0.4 is 10.9 Å².